The Morgan fingerprint density at radius 3 is 2.47 bits per heavy atom. The molecule has 9 heteroatoms. The van der Waals surface area contributed by atoms with Gasteiger partial charge in [-0.2, -0.15) is 18.3 Å². The molecule has 2 aromatic rings. The molecule has 0 spiro atoms. The lowest BCUT2D eigenvalue weighted by Gasteiger charge is -2.39. The van der Waals surface area contributed by atoms with Crippen molar-refractivity contribution in [3.63, 3.8) is 0 Å². The number of benzene rings is 1. The molecule has 1 aromatic heterocycles. The van der Waals surface area contributed by atoms with E-state index in [2.05, 4.69) is 5.10 Å². The minimum atomic E-state index is -4.57. The number of carbonyl (C=O) groups is 1. The standard InChI is InChI=1S/C25H32F4N4O/c26-19-7-5-18(6-8-19)16-33-21-17-32(14-9-20(21)23(31-33)25(27,28)29)22(34)15-24(12-4-13-30)10-2-1-3-11-24/h5-8H,1-4,9-17,30H2. The Kier molecular flexibility index (Phi) is 7.31. The molecule has 1 aliphatic heterocycles. The normalized spacial score (nSPS) is 18.1. The van der Waals surface area contributed by atoms with Crippen molar-refractivity contribution in [3.05, 3.63) is 52.6 Å². The SMILES string of the molecule is NCCCC1(CC(=O)N2CCc3c(C(F)(F)F)nn(Cc4ccc(F)cc4)c3C2)CCCCC1. The van der Waals surface area contributed by atoms with Crippen LogP contribution in [-0.4, -0.2) is 33.7 Å². The van der Waals surface area contributed by atoms with E-state index in [0.717, 1.165) is 38.5 Å². The summed E-state index contributed by atoms with van der Waals surface area (Å²) in [5.74, 6) is -0.419. The fraction of sp³-hybridized carbons (Fsp3) is 0.600. The number of carbonyl (C=O) groups excluding carboxylic acids is 1. The van der Waals surface area contributed by atoms with E-state index in [-0.39, 0.29) is 42.9 Å². The third kappa shape index (κ3) is 5.45. The molecule has 0 radical (unpaired) electrons. The summed E-state index contributed by atoms with van der Waals surface area (Å²) in [6.07, 6.45) is 3.12. The molecule has 186 valence electrons. The van der Waals surface area contributed by atoms with Crippen LogP contribution in [0.25, 0.3) is 0 Å². The number of nitrogens with two attached hydrogens (primary N) is 1. The number of nitrogens with zero attached hydrogens (tertiary/aromatic N) is 3. The second-order valence-electron chi connectivity index (χ2n) is 9.75. The van der Waals surface area contributed by atoms with Gasteiger partial charge in [0.05, 0.1) is 18.8 Å². The highest BCUT2D eigenvalue weighted by Crippen LogP contribution is 2.44. The van der Waals surface area contributed by atoms with Gasteiger partial charge in [0.1, 0.15) is 5.82 Å². The number of amides is 1. The second kappa shape index (κ2) is 10.1. The molecule has 0 atom stereocenters. The van der Waals surface area contributed by atoms with Crippen molar-refractivity contribution < 1.29 is 22.4 Å². The smallest absolute Gasteiger partial charge is 0.336 e. The Balaban J connectivity index is 1.56. The molecule has 1 aromatic carbocycles. The molecule has 5 nitrogen and oxygen atoms in total. The lowest BCUT2D eigenvalue weighted by molar-refractivity contribution is -0.142. The van der Waals surface area contributed by atoms with E-state index in [1.54, 1.807) is 4.90 Å². The van der Waals surface area contributed by atoms with Gasteiger partial charge in [0, 0.05) is 18.5 Å². The molecule has 1 fully saturated rings. The first kappa shape index (κ1) is 24.7. The van der Waals surface area contributed by atoms with Crippen LogP contribution in [0.1, 0.15) is 73.9 Å². The predicted molar refractivity (Wildman–Crippen MR) is 120 cm³/mol. The molecule has 1 aliphatic carbocycles. The van der Waals surface area contributed by atoms with Crippen LogP contribution in [0.4, 0.5) is 17.6 Å². The Labute approximate surface area is 197 Å². The number of alkyl halides is 3. The van der Waals surface area contributed by atoms with E-state index in [1.165, 1.54) is 35.4 Å². The van der Waals surface area contributed by atoms with E-state index in [0.29, 0.717) is 24.2 Å². The van der Waals surface area contributed by atoms with E-state index in [4.69, 9.17) is 5.73 Å². The van der Waals surface area contributed by atoms with Gasteiger partial charge in [-0.15, -0.1) is 0 Å². The average molecular weight is 481 g/mol. The minimum absolute atomic E-state index is 0.00679. The Hall–Kier alpha value is -2.42. The summed E-state index contributed by atoms with van der Waals surface area (Å²) in [4.78, 5) is 15.0. The zero-order valence-corrected chi connectivity index (χ0v) is 19.3. The highest BCUT2D eigenvalue weighted by atomic mass is 19.4. The highest BCUT2D eigenvalue weighted by Gasteiger charge is 2.42. The maximum absolute atomic E-state index is 13.7. The van der Waals surface area contributed by atoms with E-state index in [1.807, 2.05) is 0 Å². The molecule has 0 bridgehead atoms. The first-order valence-corrected chi connectivity index (χ1v) is 12.1. The minimum Gasteiger partial charge on any atom is -0.336 e. The van der Waals surface area contributed by atoms with Crippen LogP contribution in [0.2, 0.25) is 0 Å². The Morgan fingerprint density at radius 2 is 1.82 bits per heavy atom. The monoisotopic (exact) mass is 480 g/mol. The molecule has 1 saturated carbocycles. The van der Waals surface area contributed by atoms with Crippen LogP contribution < -0.4 is 5.73 Å². The van der Waals surface area contributed by atoms with Crippen LogP contribution in [0.5, 0.6) is 0 Å². The summed E-state index contributed by atoms with van der Waals surface area (Å²) < 4.78 is 55.7. The summed E-state index contributed by atoms with van der Waals surface area (Å²) >= 11 is 0. The van der Waals surface area contributed by atoms with Crippen LogP contribution >= 0.6 is 0 Å². The van der Waals surface area contributed by atoms with Gasteiger partial charge >= 0.3 is 6.18 Å². The molecule has 0 unspecified atom stereocenters. The number of halogens is 4. The summed E-state index contributed by atoms with van der Waals surface area (Å²) in [5.41, 5.74) is 6.02. The summed E-state index contributed by atoms with van der Waals surface area (Å²) in [5, 5.41) is 3.89. The molecule has 2 N–H and O–H groups in total. The Morgan fingerprint density at radius 1 is 1.12 bits per heavy atom. The highest BCUT2D eigenvalue weighted by molar-refractivity contribution is 5.77. The molecular weight excluding hydrogens is 448 g/mol. The molecule has 2 aliphatic rings. The third-order valence-corrected chi connectivity index (χ3v) is 7.36. The summed E-state index contributed by atoms with van der Waals surface area (Å²) in [6.45, 7) is 1.03. The average Bonchev–Trinajstić information content (AvgIpc) is 3.18. The molecule has 2 heterocycles. The second-order valence-corrected chi connectivity index (χ2v) is 9.75. The number of hydrogen-bond acceptors (Lipinski definition) is 3. The largest absolute Gasteiger partial charge is 0.435 e. The topological polar surface area (TPSA) is 64.2 Å². The lowest BCUT2D eigenvalue weighted by Crippen LogP contribution is -2.40. The van der Waals surface area contributed by atoms with Crippen LogP contribution in [-0.2, 0) is 30.5 Å². The van der Waals surface area contributed by atoms with Crippen molar-refractivity contribution in [2.45, 2.75) is 77.1 Å². The molecule has 4 rings (SSSR count). The number of aromatic nitrogens is 2. The number of hydrogen-bond donors (Lipinski definition) is 1. The molecule has 0 saturated heterocycles. The van der Waals surface area contributed by atoms with E-state index < -0.39 is 17.7 Å². The summed E-state index contributed by atoms with van der Waals surface area (Å²) in [6, 6.07) is 5.62. The first-order valence-electron chi connectivity index (χ1n) is 12.1. The van der Waals surface area contributed by atoms with Crippen LogP contribution in [0.15, 0.2) is 24.3 Å². The molecular formula is C25H32F4N4O. The number of rotatable bonds is 7. The fourth-order valence-corrected chi connectivity index (χ4v) is 5.54. The van der Waals surface area contributed by atoms with Crippen molar-refractivity contribution in [2.24, 2.45) is 11.1 Å². The van der Waals surface area contributed by atoms with Crippen molar-refractivity contribution in [1.29, 1.82) is 0 Å². The Bertz CT molecular complexity index is 994. The van der Waals surface area contributed by atoms with Gasteiger partial charge in [-0.1, -0.05) is 31.4 Å². The molecule has 34 heavy (non-hydrogen) atoms. The molecule has 1 amide bonds. The van der Waals surface area contributed by atoms with Crippen molar-refractivity contribution in [3.8, 4) is 0 Å². The van der Waals surface area contributed by atoms with Gasteiger partial charge < -0.3 is 10.6 Å². The zero-order chi connectivity index (χ0) is 24.3. The quantitative estimate of drug-likeness (QED) is 0.564. The first-order chi connectivity index (χ1) is 16.2. The van der Waals surface area contributed by atoms with Gasteiger partial charge in [-0.3, -0.25) is 9.48 Å². The maximum Gasteiger partial charge on any atom is 0.435 e. The van der Waals surface area contributed by atoms with Crippen LogP contribution in [0, 0.1) is 11.2 Å². The van der Waals surface area contributed by atoms with Gasteiger partial charge in [0.25, 0.3) is 0 Å². The van der Waals surface area contributed by atoms with Crippen LogP contribution in [0.3, 0.4) is 0 Å². The van der Waals surface area contributed by atoms with Gasteiger partial charge in [-0.05, 0) is 61.8 Å². The van der Waals surface area contributed by atoms with E-state index >= 15 is 0 Å². The lowest BCUT2D eigenvalue weighted by atomic mass is 9.68. The van der Waals surface area contributed by atoms with Gasteiger partial charge in [-0.25, -0.2) is 4.39 Å². The number of fused-ring (bicyclic) bond motifs is 1. The van der Waals surface area contributed by atoms with Crippen molar-refractivity contribution in [2.75, 3.05) is 13.1 Å². The van der Waals surface area contributed by atoms with Crippen molar-refractivity contribution >= 4 is 5.91 Å². The predicted octanol–water partition coefficient (Wildman–Crippen LogP) is 5.05. The van der Waals surface area contributed by atoms with Crippen molar-refractivity contribution in [1.82, 2.24) is 14.7 Å². The van der Waals surface area contributed by atoms with E-state index in [9.17, 15) is 22.4 Å². The third-order valence-electron chi connectivity index (χ3n) is 7.36. The summed E-state index contributed by atoms with van der Waals surface area (Å²) in [7, 11) is 0. The van der Waals surface area contributed by atoms with Gasteiger partial charge in [0.2, 0.25) is 5.91 Å². The maximum atomic E-state index is 13.7. The van der Waals surface area contributed by atoms with Gasteiger partial charge in [0.15, 0.2) is 5.69 Å². The zero-order valence-electron chi connectivity index (χ0n) is 19.3. The fourth-order valence-electron chi connectivity index (χ4n) is 5.54.